The molecule has 13 heavy (non-hydrogen) atoms. The maximum atomic E-state index is 5.58. The molecule has 2 N–H and O–H groups in total. The maximum Gasteiger partial charge on any atom is 0.108 e. The molecule has 0 saturated carbocycles. The minimum absolute atomic E-state index is 0.526. The number of aromatic nitrogens is 2. The van der Waals surface area contributed by atoms with Crippen LogP contribution in [0.1, 0.15) is 26.1 Å². The van der Waals surface area contributed by atoms with Crippen molar-refractivity contribution in [3.05, 3.63) is 18.2 Å². The molecule has 0 aliphatic carbocycles. The fourth-order valence-corrected chi connectivity index (χ4v) is 1.37. The fourth-order valence-electron chi connectivity index (χ4n) is 1.37. The van der Waals surface area contributed by atoms with Crippen LogP contribution in [0.2, 0.25) is 0 Å². The van der Waals surface area contributed by atoms with Crippen LogP contribution in [0.5, 0.6) is 0 Å². The molecule has 0 spiro atoms. The monoisotopic (exact) mass is 181 g/mol. The molecule has 0 fully saturated rings. The summed E-state index contributed by atoms with van der Waals surface area (Å²) in [7, 11) is 0. The molecule has 1 rings (SSSR count). The largest absolute Gasteiger partial charge is 0.335 e. The Balaban J connectivity index is 2.59. The lowest BCUT2D eigenvalue weighted by molar-refractivity contribution is 0.539. The summed E-state index contributed by atoms with van der Waals surface area (Å²) >= 11 is 0. The molecule has 74 valence electrons. The van der Waals surface area contributed by atoms with E-state index < -0.39 is 0 Å². The summed E-state index contributed by atoms with van der Waals surface area (Å²) in [5.74, 6) is 1.69. The molecule has 0 saturated heterocycles. The highest BCUT2D eigenvalue weighted by Crippen LogP contribution is 2.06. The fraction of sp³-hybridized carbons (Fsp3) is 0.700. The Morgan fingerprint density at radius 2 is 2.38 bits per heavy atom. The van der Waals surface area contributed by atoms with Gasteiger partial charge in [0.05, 0.1) is 0 Å². The van der Waals surface area contributed by atoms with Gasteiger partial charge in [-0.05, 0) is 18.9 Å². The van der Waals surface area contributed by atoms with Gasteiger partial charge in [0.1, 0.15) is 5.82 Å². The van der Waals surface area contributed by atoms with E-state index in [2.05, 4.69) is 23.4 Å². The topological polar surface area (TPSA) is 43.8 Å². The molecule has 1 unspecified atom stereocenters. The van der Waals surface area contributed by atoms with Gasteiger partial charge in [-0.3, -0.25) is 0 Å². The third kappa shape index (κ3) is 2.84. The van der Waals surface area contributed by atoms with Gasteiger partial charge in [-0.25, -0.2) is 4.98 Å². The summed E-state index contributed by atoms with van der Waals surface area (Å²) < 4.78 is 2.21. The summed E-state index contributed by atoms with van der Waals surface area (Å²) in [4.78, 5) is 4.33. The average Bonchev–Trinajstić information content (AvgIpc) is 2.54. The first-order chi connectivity index (χ1) is 6.27. The molecular weight excluding hydrogens is 162 g/mol. The number of hydrogen-bond donors (Lipinski definition) is 1. The van der Waals surface area contributed by atoms with Gasteiger partial charge in [0.25, 0.3) is 0 Å². The molecule has 1 heterocycles. The van der Waals surface area contributed by atoms with Gasteiger partial charge in [0.2, 0.25) is 0 Å². The second-order valence-electron chi connectivity index (χ2n) is 3.58. The van der Waals surface area contributed by atoms with Gasteiger partial charge in [-0.15, -0.1) is 0 Å². The molecule has 0 aliphatic rings. The summed E-state index contributed by atoms with van der Waals surface area (Å²) in [5.41, 5.74) is 5.58. The second-order valence-corrected chi connectivity index (χ2v) is 3.58. The normalized spacial score (nSPS) is 13.2. The number of hydrogen-bond acceptors (Lipinski definition) is 2. The van der Waals surface area contributed by atoms with Gasteiger partial charge >= 0.3 is 0 Å². The number of nitrogens with two attached hydrogens (primary N) is 1. The number of imidazole rings is 1. The van der Waals surface area contributed by atoms with Gasteiger partial charge < -0.3 is 10.3 Å². The van der Waals surface area contributed by atoms with E-state index in [0.29, 0.717) is 5.92 Å². The van der Waals surface area contributed by atoms with Gasteiger partial charge in [0, 0.05) is 25.4 Å². The molecule has 0 amide bonds. The zero-order chi connectivity index (χ0) is 9.68. The zero-order valence-electron chi connectivity index (χ0n) is 8.53. The van der Waals surface area contributed by atoms with Crippen LogP contribution in [-0.2, 0) is 13.0 Å². The molecule has 3 heteroatoms. The van der Waals surface area contributed by atoms with Gasteiger partial charge in [0.15, 0.2) is 0 Å². The highest BCUT2D eigenvalue weighted by molar-refractivity contribution is 4.93. The van der Waals surface area contributed by atoms with Crippen LogP contribution < -0.4 is 5.73 Å². The van der Waals surface area contributed by atoms with Crippen LogP contribution in [0.25, 0.3) is 0 Å². The Hall–Kier alpha value is -0.830. The van der Waals surface area contributed by atoms with Crippen molar-refractivity contribution in [3.63, 3.8) is 0 Å². The SMILES string of the molecule is CCCn1ccnc1CC(C)CN. The van der Waals surface area contributed by atoms with E-state index in [1.165, 1.54) is 5.82 Å². The third-order valence-electron chi connectivity index (χ3n) is 2.20. The van der Waals surface area contributed by atoms with Crippen LogP contribution in [0.15, 0.2) is 12.4 Å². The molecule has 0 aromatic carbocycles. The van der Waals surface area contributed by atoms with E-state index in [-0.39, 0.29) is 0 Å². The van der Waals surface area contributed by atoms with E-state index in [1.54, 1.807) is 0 Å². The Labute approximate surface area is 80.0 Å². The lowest BCUT2D eigenvalue weighted by Gasteiger charge is -2.09. The quantitative estimate of drug-likeness (QED) is 0.746. The molecule has 1 atom stereocenters. The van der Waals surface area contributed by atoms with Crippen molar-refractivity contribution in [2.75, 3.05) is 6.54 Å². The molecule has 1 aromatic heterocycles. The van der Waals surface area contributed by atoms with Crippen molar-refractivity contribution < 1.29 is 0 Å². The minimum atomic E-state index is 0.526. The van der Waals surface area contributed by atoms with Crippen LogP contribution in [0.4, 0.5) is 0 Å². The van der Waals surface area contributed by atoms with Crippen molar-refractivity contribution in [2.45, 2.75) is 33.2 Å². The van der Waals surface area contributed by atoms with E-state index in [4.69, 9.17) is 5.73 Å². The van der Waals surface area contributed by atoms with E-state index in [9.17, 15) is 0 Å². The van der Waals surface area contributed by atoms with Crippen LogP contribution in [0.3, 0.4) is 0 Å². The second kappa shape index (κ2) is 5.02. The van der Waals surface area contributed by atoms with E-state index >= 15 is 0 Å². The molecular formula is C10H19N3. The lowest BCUT2D eigenvalue weighted by atomic mass is 10.1. The minimum Gasteiger partial charge on any atom is -0.335 e. The van der Waals surface area contributed by atoms with Crippen molar-refractivity contribution in [1.29, 1.82) is 0 Å². The lowest BCUT2D eigenvalue weighted by Crippen LogP contribution is -2.16. The van der Waals surface area contributed by atoms with E-state index in [0.717, 1.165) is 25.9 Å². The van der Waals surface area contributed by atoms with E-state index in [1.807, 2.05) is 12.4 Å². The Morgan fingerprint density at radius 1 is 1.62 bits per heavy atom. The first-order valence-corrected chi connectivity index (χ1v) is 4.98. The Kier molecular flexibility index (Phi) is 3.96. The summed E-state index contributed by atoms with van der Waals surface area (Å²) in [6.07, 6.45) is 6.06. The Bertz CT molecular complexity index is 242. The van der Waals surface area contributed by atoms with Crippen LogP contribution >= 0.6 is 0 Å². The zero-order valence-corrected chi connectivity index (χ0v) is 8.53. The van der Waals surface area contributed by atoms with Crippen LogP contribution in [0, 0.1) is 5.92 Å². The summed E-state index contributed by atoms with van der Waals surface area (Å²) in [6.45, 7) is 6.13. The van der Waals surface area contributed by atoms with Crippen molar-refractivity contribution in [1.82, 2.24) is 9.55 Å². The molecule has 0 bridgehead atoms. The third-order valence-corrected chi connectivity index (χ3v) is 2.20. The van der Waals surface area contributed by atoms with Crippen molar-refractivity contribution >= 4 is 0 Å². The van der Waals surface area contributed by atoms with Crippen LogP contribution in [-0.4, -0.2) is 16.1 Å². The van der Waals surface area contributed by atoms with Crippen molar-refractivity contribution in [2.24, 2.45) is 11.7 Å². The van der Waals surface area contributed by atoms with Gasteiger partial charge in [-0.1, -0.05) is 13.8 Å². The predicted molar refractivity (Wildman–Crippen MR) is 54.4 cm³/mol. The number of rotatable bonds is 5. The average molecular weight is 181 g/mol. The molecule has 1 aromatic rings. The standard InChI is InChI=1S/C10H19N3/c1-3-5-13-6-4-12-10(13)7-9(2)8-11/h4,6,9H,3,5,7-8,11H2,1-2H3. The van der Waals surface area contributed by atoms with Crippen molar-refractivity contribution in [3.8, 4) is 0 Å². The predicted octanol–water partition coefficient (Wildman–Crippen LogP) is 1.43. The summed E-state index contributed by atoms with van der Waals surface area (Å²) in [5, 5.41) is 0. The molecule has 0 radical (unpaired) electrons. The first-order valence-electron chi connectivity index (χ1n) is 4.98. The maximum absolute atomic E-state index is 5.58. The highest BCUT2D eigenvalue weighted by Gasteiger charge is 2.06. The Morgan fingerprint density at radius 3 is 3.00 bits per heavy atom. The number of nitrogens with zero attached hydrogens (tertiary/aromatic N) is 2. The molecule has 0 aliphatic heterocycles. The smallest absolute Gasteiger partial charge is 0.108 e. The summed E-state index contributed by atoms with van der Waals surface area (Å²) in [6, 6.07) is 0. The van der Waals surface area contributed by atoms with Gasteiger partial charge in [-0.2, -0.15) is 0 Å². The molecule has 3 nitrogen and oxygen atoms in total. The number of aryl methyl sites for hydroxylation is 1. The first kappa shape index (κ1) is 10.3. The highest BCUT2D eigenvalue weighted by atomic mass is 15.1.